The number of amides is 1. The molecule has 0 aliphatic rings. The number of ketones is 1. The number of nitrogens with one attached hydrogen (secondary N) is 1. The van der Waals surface area contributed by atoms with Gasteiger partial charge in [-0.15, -0.1) is 11.3 Å². The Morgan fingerprint density at radius 1 is 1.13 bits per heavy atom. The molecule has 1 amide bonds. The average molecular weight is 331 g/mol. The normalized spacial score (nSPS) is 11.6. The molecule has 0 spiro atoms. The van der Waals surface area contributed by atoms with Crippen molar-refractivity contribution < 1.29 is 19.1 Å². The predicted octanol–water partition coefficient (Wildman–Crippen LogP) is 3.44. The molecule has 0 radical (unpaired) electrons. The van der Waals surface area contributed by atoms with Crippen LogP contribution in [0.15, 0.2) is 36.4 Å². The van der Waals surface area contributed by atoms with Gasteiger partial charge in [0.1, 0.15) is 4.88 Å². The first kappa shape index (κ1) is 16.9. The minimum Gasteiger partial charge on any atom is -0.448 e. The highest BCUT2D eigenvalue weighted by molar-refractivity contribution is 7.13. The summed E-state index contributed by atoms with van der Waals surface area (Å²) in [4.78, 5) is 37.1. The number of carbonyl (C=O) groups excluding carboxylic acids is 3. The molecule has 0 bridgehead atoms. The van der Waals surface area contributed by atoms with Crippen molar-refractivity contribution in [2.24, 2.45) is 0 Å². The smallest absolute Gasteiger partial charge is 0.349 e. The van der Waals surface area contributed by atoms with E-state index in [-0.39, 0.29) is 5.78 Å². The second-order valence-corrected chi connectivity index (χ2v) is 6.34. The van der Waals surface area contributed by atoms with Crippen LogP contribution in [0.1, 0.15) is 38.8 Å². The van der Waals surface area contributed by atoms with E-state index in [1.807, 2.05) is 13.0 Å². The maximum absolute atomic E-state index is 12.2. The summed E-state index contributed by atoms with van der Waals surface area (Å²) in [6, 6.07) is 10.2. The van der Waals surface area contributed by atoms with E-state index in [9.17, 15) is 14.4 Å². The van der Waals surface area contributed by atoms with Crippen LogP contribution in [0.5, 0.6) is 0 Å². The summed E-state index contributed by atoms with van der Waals surface area (Å²) in [7, 11) is 0. The fourth-order valence-corrected chi connectivity index (χ4v) is 2.70. The number of benzene rings is 1. The van der Waals surface area contributed by atoms with Gasteiger partial charge in [0.25, 0.3) is 5.91 Å². The number of ether oxygens (including phenoxy) is 1. The summed E-state index contributed by atoms with van der Waals surface area (Å²) in [5.41, 5.74) is 0.813. The summed E-state index contributed by atoms with van der Waals surface area (Å²) in [5, 5.41) is 2.62. The van der Waals surface area contributed by atoms with Gasteiger partial charge >= 0.3 is 5.97 Å². The first-order valence-corrected chi connectivity index (χ1v) is 7.88. The van der Waals surface area contributed by atoms with E-state index in [4.69, 9.17) is 4.74 Å². The van der Waals surface area contributed by atoms with Crippen molar-refractivity contribution in [2.75, 3.05) is 5.32 Å². The molecule has 5 nitrogen and oxygen atoms in total. The van der Waals surface area contributed by atoms with Crippen LogP contribution in [0.25, 0.3) is 0 Å². The molecule has 0 aliphatic heterocycles. The molecule has 1 N–H and O–H groups in total. The van der Waals surface area contributed by atoms with Gasteiger partial charge < -0.3 is 10.1 Å². The highest BCUT2D eigenvalue weighted by Gasteiger charge is 2.21. The molecule has 120 valence electrons. The molecule has 0 saturated heterocycles. The highest BCUT2D eigenvalue weighted by atomic mass is 32.1. The molecule has 0 fully saturated rings. The van der Waals surface area contributed by atoms with Crippen molar-refractivity contribution in [3.8, 4) is 0 Å². The lowest BCUT2D eigenvalue weighted by atomic mass is 10.1. The standard InChI is InChI=1S/C17H17NO4S/c1-10-8-9-15(23-10)17(21)22-12(3)16(20)18-14-7-5-4-6-13(14)11(2)19/h4-9,12H,1-3H3,(H,18,20). The number of aryl methyl sites for hydroxylation is 1. The van der Waals surface area contributed by atoms with Gasteiger partial charge in [-0.3, -0.25) is 9.59 Å². The third-order valence-corrected chi connectivity index (χ3v) is 4.14. The molecule has 2 rings (SSSR count). The Morgan fingerprint density at radius 3 is 2.43 bits per heavy atom. The summed E-state index contributed by atoms with van der Waals surface area (Å²) in [5.74, 6) is -1.18. The van der Waals surface area contributed by atoms with Crippen molar-refractivity contribution in [3.63, 3.8) is 0 Å². The van der Waals surface area contributed by atoms with E-state index in [2.05, 4.69) is 5.32 Å². The number of esters is 1. The number of carbonyl (C=O) groups is 3. The minimum absolute atomic E-state index is 0.153. The monoisotopic (exact) mass is 331 g/mol. The molecule has 0 saturated carbocycles. The van der Waals surface area contributed by atoms with Gasteiger partial charge in [-0.1, -0.05) is 12.1 Å². The van der Waals surface area contributed by atoms with E-state index in [0.717, 1.165) is 4.88 Å². The van der Waals surface area contributed by atoms with E-state index in [0.29, 0.717) is 16.1 Å². The molecule has 1 aromatic heterocycles. The Bertz CT molecular complexity index is 751. The molecular weight excluding hydrogens is 314 g/mol. The van der Waals surface area contributed by atoms with Gasteiger partial charge in [0.15, 0.2) is 11.9 Å². The van der Waals surface area contributed by atoms with E-state index in [1.54, 1.807) is 30.3 Å². The molecule has 1 unspecified atom stereocenters. The number of hydrogen-bond donors (Lipinski definition) is 1. The van der Waals surface area contributed by atoms with Crippen molar-refractivity contribution in [2.45, 2.75) is 26.9 Å². The van der Waals surface area contributed by atoms with Crippen LogP contribution < -0.4 is 5.32 Å². The number of para-hydroxylation sites is 1. The van der Waals surface area contributed by atoms with Gasteiger partial charge in [0.2, 0.25) is 0 Å². The van der Waals surface area contributed by atoms with Crippen LogP contribution in [-0.2, 0) is 9.53 Å². The van der Waals surface area contributed by atoms with Crippen molar-refractivity contribution in [3.05, 3.63) is 51.7 Å². The van der Waals surface area contributed by atoms with Crippen LogP contribution in [0.4, 0.5) is 5.69 Å². The largest absolute Gasteiger partial charge is 0.448 e. The zero-order valence-corrected chi connectivity index (χ0v) is 13.9. The van der Waals surface area contributed by atoms with E-state index < -0.39 is 18.0 Å². The second kappa shape index (κ2) is 7.19. The molecule has 2 aromatic rings. The summed E-state index contributed by atoms with van der Waals surface area (Å²) >= 11 is 1.31. The first-order chi connectivity index (χ1) is 10.9. The third kappa shape index (κ3) is 4.26. The van der Waals surface area contributed by atoms with Crippen LogP contribution in [0.3, 0.4) is 0 Å². The van der Waals surface area contributed by atoms with Gasteiger partial charge in [-0.2, -0.15) is 0 Å². The Morgan fingerprint density at radius 2 is 1.83 bits per heavy atom. The zero-order valence-electron chi connectivity index (χ0n) is 13.1. The Kier molecular flexibility index (Phi) is 5.28. The Hall–Kier alpha value is -2.47. The minimum atomic E-state index is -0.968. The quantitative estimate of drug-likeness (QED) is 0.673. The molecule has 23 heavy (non-hydrogen) atoms. The Labute approximate surface area is 138 Å². The summed E-state index contributed by atoms with van der Waals surface area (Å²) < 4.78 is 5.16. The van der Waals surface area contributed by atoms with Crippen molar-refractivity contribution in [1.29, 1.82) is 0 Å². The lowest BCUT2D eigenvalue weighted by molar-refractivity contribution is -0.123. The number of hydrogen-bond acceptors (Lipinski definition) is 5. The number of anilines is 1. The maximum atomic E-state index is 12.2. The maximum Gasteiger partial charge on any atom is 0.349 e. The van der Waals surface area contributed by atoms with E-state index in [1.165, 1.54) is 25.2 Å². The molecule has 1 atom stereocenters. The molecule has 0 aliphatic carbocycles. The second-order valence-electron chi connectivity index (χ2n) is 5.05. The number of rotatable bonds is 5. The number of Topliss-reactive ketones (excluding diaryl/α,β-unsaturated/α-hetero) is 1. The molecule has 6 heteroatoms. The lowest BCUT2D eigenvalue weighted by Gasteiger charge is -2.14. The van der Waals surface area contributed by atoms with Gasteiger partial charge in [0.05, 0.1) is 5.69 Å². The topological polar surface area (TPSA) is 72.5 Å². The first-order valence-electron chi connectivity index (χ1n) is 7.06. The summed E-state index contributed by atoms with van der Waals surface area (Å²) in [6.45, 7) is 4.80. The Balaban J connectivity index is 2.03. The zero-order chi connectivity index (χ0) is 17.0. The van der Waals surface area contributed by atoms with Gasteiger partial charge in [0, 0.05) is 10.4 Å². The van der Waals surface area contributed by atoms with Crippen molar-refractivity contribution in [1.82, 2.24) is 0 Å². The SMILES string of the molecule is CC(=O)c1ccccc1NC(=O)C(C)OC(=O)c1ccc(C)s1. The average Bonchev–Trinajstić information content (AvgIpc) is 2.94. The van der Waals surface area contributed by atoms with Crippen LogP contribution in [0.2, 0.25) is 0 Å². The van der Waals surface area contributed by atoms with E-state index >= 15 is 0 Å². The molecule has 1 heterocycles. The molecule has 1 aromatic carbocycles. The van der Waals surface area contributed by atoms with Crippen LogP contribution in [-0.4, -0.2) is 23.8 Å². The lowest BCUT2D eigenvalue weighted by Crippen LogP contribution is -2.30. The fourth-order valence-electron chi connectivity index (χ4n) is 1.95. The van der Waals surface area contributed by atoms with Crippen LogP contribution in [0, 0.1) is 6.92 Å². The number of thiophene rings is 1. The van der Waals surface area contributed by atoms with Crippen LogP contribution >= 0.6 is 11.3 Å². The molecular formula is C17H17NO4S. The van der Waals surface area contributed by atoms with Crippen molar-refractivity contribution >= 4 is 34.7 Å². The highest BCUT2D eigenvalue weighted by Crippen LogP contribution is 2.18. The fraction of sp³-hybridized carbons (Fsp3) is 0.235. The van der Waals surface area contributed by atoms with Gasteiger partial charge in [-0.05, 0) is 45.0 Å². The summed E-state index contributed by atoms with van der Waals surface area (Å²) in [6.07, 6.45) is -0.968. The third-order valence-electron chi connectivity index (χ3n) is 3.16. The van der Waals surface area contributed by atoms with Gasteiger partial charge in [-0.25, -0.2) is 4.79 Å². The predicted molar refractivity (Wildman–Crippen MR) is 89.0 cm³/mol.